The Kier molecular flexibility index (Phi) is 4.72. The number of hydrogen-bond donors (Lipinski definition) is 1. The van der Waals surface area contributed by atoms with Gasteiger partial charge in [0.15, 0.2) is 0 Å². The number of nitrogens with zero attached hydrogens (tertiary/aromatic N) is 3. The van der Waals surface area contributed by atoms with Crippen molar-refractivity contribution in [2.75, 3.05) is 6.61 Å². The molecule has 140 valence electrons. The van der Waals surface area contributed by atoms with Crippen molar-refractivity contribution in [3.63, 3.8) is 0 Å². The van der Waals surface area contributed by atoms with Crippen molar-refractivity contribution in [2.45, 2.75) is 31.9 Å². The van der Waals surface area contributed by atoms with Crippen LogP contribution >= 0.6 is 0 Å². The Morgan fingerprint density at radius 2 is 2.12 bits per heavy atom. The Bertz CT molecular complexity index is 791. The second kappa shape index (κ2) is 6.83. The van der Waals surface area contributed by atoms with Gasteiger partial charge in [0.1, 0.15) is 18.6 Å². The van der Waals surface area contributed by atoms with Crippen LogP contribution in [-0.2, 0) is 6.54 Å². The van der Waals surface area contributed by atoms with Crippen LogP contribution in [-0.4, -0.2) is 33.5 Å². The van der Waals surface area contributed by atoms with E-state index in [-0.39, 0.29) is 36.3 Å². The number of alkyl halides is 3. The Labute approximate surface area is 145 Å². The second-order valence-corrected chi connectivity index (χ2v) is 5.80. The number of rotatable bonds is 5. The minimum Gasteiger partial charge on any atom is -0.444 e. The van der Waals surface area contributed by atoms with E-state index in [0.29, 0.717) is 6.54 Å². The van der Waals surface area contributed by atoms with E-state index >= 15 is 0 Å². The fraction of sp³-hybridized carbons (Fsp3) is 0.400. The molecule has 2 atom stereocenters. The lowest BCUT2D eigenvalue weighted by Gasteiger charge is -2.26. The van der Waals surface area contributed by atoms with Crippen molar-refractivity contribution < 1.29 is 27.6 Å². The zero-order valence-corrected chi connectivity index (χ0v) is 13.6. The first kappa shape index (κ1) is 18.0. The van der Waals surface area contributed by atoms with Crippen molar-refractivity contribution in [3.05, 3.63) is 46.1 Å². The Hall–Kier alpha value is -2.82. The van der Waals surface area contributed by atoms with E-state index in [9.17, 15) is 23.3 Å². The maximum atomic E-state index is 12.2. The molecule has 8 nitrogen and oxygen atoms in total. The lowest BCUT2D eigenvalue weighted by molar-refractivity contribution is -0.389. The van der Waals surface area contributed by atoms with Gasteiger partial charge in [-0.25, -0.2) is 0 Å². The number of halogens is 3. The minimum absolute atomic E-state index is 0.141. The predicted octanol–water partition coefficient (Wildman–Crippen LogP) is 2.80. The Morgan fingerprint density at radius 1 is 1.42 bits per heavy atom. The minimum atomic E-state index is -4.73. The molecule has 1 aliphatic heterocycles. The topological polar surface area (TPSA) is 91.5 Å². The van der Waals surface area contributed by atoms with E-state index in [1.807, 2.05) is 6.92 Å². The summed E-state index contributed by atoms with van der Waals surface area (Å²) in [5.74, 6) is -0.571. The molecule has 0 spiro atoms. The van der Waals surface area contributed by atoms with Gasteiger partial charge < -0.3 is 24.9 Å². The van der Waals surface area contributed by atoms with E-state index in [1.165, 1.54) is 30.5 Å². The molecule has 1 aromatic carbocycles. The first-order valence-corrected chi connectivity index (χ1v) is 7.67. The van der Waals surface area contributed by atoms with Gasteiger partial charge in [-0.2, -0.15) is 0 Å². The average molecular weight is 372 g/mol. The van der Waals surface area contributed by atoms with Crippen molar-refractivity contribution >= 4 is 5.82 Å². The molecule has 0 fully saturated rings. The van der Waals surface area contributed by atoms with Crippen LogP contribution in [0.1, 0.15) is 18.5 Å². The summed E-state index contributed by atoms with van der Waals surface area (Å²) in [5, 5.41) is 14.0. The van der Waals surface area contributed by atoms with Crippen molar-refractivity contribution in [2.24, 2.45) is 0 Å². The van der Waals surface area contributed by atoms with Gasteiger partial charge in [0.05, 0.1) is 6.04 Å². The maximum Gasteiger partial charge on any atom is 0.573 e. The van der Waals surface area contributed by atoms with Gasteiger partial charge in [-0.05, 0) is 29.5 Å². The molecule has 1 unspecified atom stereocenters. The van der Waals surface area contributed by atoms with Crippen LogP contribution in [0.4, 0.5) is 19.0 Å². The molecule has 0 amide bonds. The van der Waals surface area contributed by atoms with Gasteiger partial charge in [0.25, 0.3) is 0 Å². The highest BCUT2D eigenvalue weighted by atomic mass is 19.4. The third kappa shape index (κ3) is 4.23. The third-order valence-electron chi connectivity index (χ3n) is 3.84. The van der Waals surface area contributed by atoms with Gasteiger partial charge in [0, 0.05) is 17.6 Å². The third-order valence-corrected chi connectivity index (χ3v) is 3.84. The monoisotopic (exact) mass is 372 g/mol. The average Bonchev–Trinajstić information content (AvgIpc) is 2.97. The van der Waals surface area contributed by atoms with Crippen LogP contribution in [0.3, 0.4) is 0 Å². The molecule has 0 aliphatic carbocycles. The van der Waals surface area contributed by atoms with E-state index < -0.39 is 11.3 Å². The number of benzene rings is 1. The van der Waals surface area contributed by atoms with E-state index in [0.717, 1.165) is 5.56 Å². The molecule has 0 radical (unpaired) electrons. The molecule has 1 N–H and O–H groups in total. The SMILES string of the molecule is CC(N[C@@H]1COc2nc([N+](=O)[O-])cn2C1)c1ccc(OC(F)(F)F)cc1. The van der Waals surface area contributed by atoms with Gasteiger partial charge in [0.2, 0.25) is 0 Å². The summed E-state index contributed by atoms with van der Waals surface area (Å²) in [6.07, 6.45) is -3.42. The highest BCUT2D eigenvalue weighted by molar-refractivity contribution is 5.29. The molecule has 0 saturated heterocycles. The van der Waals surface area contributed by atoms with Crippen molar-refractivity contribution in [1.29, 1.82) is 0 Å². The van der Waals surface area contributed by atoms with Crippen LogP contribution in [0, 0.1) is 10.1 Å². The summed E-state index contributed by atoms with van der Waals surface area (Å²) >= 11 is 0. The zero-order valence-electron chi connectivity index (χ0n) is 13.6. The van der Waals surface area contributed by atoms with Crippen LogP contribution in [0.2, 0.25) is 0 Å². The summed E-state index contributed by atoms with van der Waals surface area (Å²) in [6.45, 7) is 2.55. The molecular formula is C15H15F3N4O4. The molecule has 26 heavy (non-hydrogen) atoms. The zero-order chi connectivity index (χ0) is 18.9. The Morgan fingerprint density at radius 3 is 2.73 bits per heavy atom. The molecule has 0 saturated carbocycles. The van der Waals surface area contributed by atoms with Gasteiger partial charge in [-0.3, -0.25) is 4.57 Å². The molecule has 3 rings (SSSR count). The number of aromatic nitrogens is 2. The fourth-order valence-corrected chi connectivity index (χ4v) is 2.69. The molecular weight excluding hydrogens is 357 g/mol. The van der Waals surface area contributed by atoms with Crippen LogP contribution in [0.15, 0.2) is 30.5 Å². The Balaban J connectivity index is 1.61. The first-order valence-electron chi connectivity index (χ1n) is 7.67. The quantitative estimate of drug-likeness (QED) is 0.641. The van der Waals surface area contributed by atoms with Crippen LogP contribution in [0.5, 0.6) is 11.8 Å². The van der Waals surface area contributed by atoms with Crippen molar-refractivity contribution in [3.8, 4) is 11.8 Å². The summed E-state index contributed by atoms with van der Waals surface area (Å²) in [5.41, 5.74) is 0.766. The number of ether oxygens (including phenoxy) is 2. The van der Waals surface area contributed by atoms with Crippen molar-refractivity contribution in [1.82, 2.24) is 14.9 Å². The number of nitro groups is 1. The standard InChI is InChI=1S/C15H15F3N4O4/c1-9(10-2-4-12(5-3-10)26-15(16,17)18)19-11-6-21-7-13(22(23)24)20-14(21)25-8-11/h2-5,7,9,11,19H,6,8H2,1H3/t9?,11-/m0/s1. The molecule has 1 aromatic heterocycles. The van der Waals surface area contributed by atoms with Gasteiger partial charge >= 0.3 is 18.2 Å². The van der Waals surface area contributed by atoms with E-state index in [1.54, 1.807) is 4.57 Å². The largest absolute Gasteiger partial charge is 0.573 e. The molecule has 1 aliphatic rings. The van der Waals surface area contributed by atoms with E-state index in [4.69, 9.17) is 4.74 Å². The highest BCUT2D eigenvalue weighted by Crippen LogP contribution is 2.26. The molecule has 2 heterocycles. The smallest absolute Gasteiger partial charge is 0.444 e. The summed E-state index contributed by atoms with van der Waals surface area (Å²) in [4.78, 5) is 13.9. The lowest BCUT2D eigenvalue weighted by atomic mass is 10.1. The summed E-state index contributed by atoms with van der Waals surface area (Å²) in [7, 11) is 0. The molecule has 0 bridgehead atoms. The normalized spacial score (nSPS) is 17.9. The maximum absolute atomic E-state index is 12.2. The number of nitrogens with one attached hydrogen (secondary N) is 1. The van der Waals surface area contributed by atoms with Crippen LogP contribution in [0.25, 0.3) is 0 Å². The number of hydrogen-bond acceptors (Lipinski definition) is 6. The first-order chi connectivity index (χ1) is 12.2. The number of fused-ring (bicyclic) bond motifs is 1. The van der Waals surface area contributed by atoms with Crippen LogP contribution < -0.4 is 14.8 Å². The number of imidazole rings is 1. The summed E-state index contributed by atoms with van der Waals surface area (Å²) < 4.78 is 47.4. The fourth-order valence-electron chi connectivity index (χ4n) is 2.69. The molecule has 2 aromatic rings. The highest BCUT2D eigenvalue weighted by Gasteiger charge is 2.31. The lowest BCUT2D eigenvalue weighted by Crippen LogP contribution is -2.42. The van der Waals surface area contributed by atoms with Gasteiger partial charge in [-0.1, -0.05) is 12.1 Å². The predicted molar refractivity (Wildman–Crippen MR) is 82.8 cm³/mol. The summed E-state index contributed by atoms with van der Waals surface area (Å²) in [6, 6.07) is 5.44. The van der Waals surface area contributed by atoms with Gasteiger partial charge in [-0.15, -0.1) is 13.2 Å². The molecule has 11 heteroatoms. The van der Waals surface area contributed by atoms with E-state index in [2.05, 4.69) is 15.0 Å². The second-order valence-electron chi connectivity index (χ2n) is 5.80.